The molecule has 1 amide bonds. The van der Waals surface area contributed by atoms with Crippen molar-refractivity contribution in [3.63, 3.8) is 0 Å². The maximum Gasteiger partial charge on any atom is 0.407 e. The van der Waals surface area contributed by atoms with Crippen LogP contribution in [0.1, 0.15) is 39.0 Å². The van der Waals surface area contributed by atoms with E-state index >= 15 is 0 Å². The topological polar surface area (TPSA) is 59.9 Å². The van der Waals surface area contributed by atoms with E-state index in [1.807, 2.05) is 6.92 Å². The van der Waals surface area contributed by atoms with E-state index in [0.29, 0.717) is 6.54 Å². The Balaban J connectivity index is 1.21. The molecule has 4 rings (SSSR count). The van der Waals surface area contributed by atoms with Crippen molar-refractivity contribution in [2.24, 2.45) is 5.92 Å². The quantitative estimate of drug-likeness (QED) is 0.758. The van der Waals surface area contributed by atoms with Crippen LogP contribution in [0.3, 0.4) is 0 Å². The predicted octanol–water partition coefficient (Wildman–Crippen LogP) is 4.37. The van der Waals surface area contributed by atoms with E-state index in [4.69, 9.17) is 4.37 Å². The lowest BCUT2D eigenvalue weighted by molar-refractivity contribution is 0.104. The zero-order valence-corrected chi connectivity index (χ0v) is 18.1. The fraction of sp³-hybridized carbons (Fsp3) is 0.636. The molecule has 158 valence electrons. The molecule has 0 unspecified atom stereocenters. The molecule has 1 aromatic heterocycles. The number of nitrogens with zero attached hydrogens (tertiary/aromatic N) is 4. The highest BCUT2D eigenvalue weighted by Crippen LogP contribution is 2.31. The van der Waals surface area contributed by atoms with Gasteiger partial charge in [-0.2, -0.15) is 4.37 Å². The van der Waals surface area contributed by atoms with Gasteiger partial charge in [-0.3, -0.25) is 4.90 Å². The smallest absolute Gasteiger partial charge is 0.407 e. The van der Waals surface area contributed by atoms with Crippen molar-refractivity contribution in [2.75, 3.05) is 44.2 Å². The van der Waals surface area contributed by atoms with Gasteiger partial charge in [0.15, 0.2) is 0 Å². The van der Waals surface area contributed by atoms with Crippen molar-refractivity contribution >= 4 is 33.5 Å². The number of aromatic nitrogens is 1. The summed E-state index contributed by atoms with van der Waals surface area (Å²) in [5, 5.41) is 10.6. The molecule has 2 fully saturated rings. The van der Waals surface area contributed by atoms with Gasteiger partial charge in [0, 0.05) is 44.2 Å². The third-order valence-electron chi connectivity index (χ3n) is 6.73. The Labute approximate surface area is 177 Å². The Kier molecular flexibility index (Phi) is 6.55. The van der Waals surface area contributed by atoms with Gasteiger partial charge >= 0.3 is 6.09 Å². The van der Waals surface area contributed by atoms with E-state index in [2.05, 4.69) is 34.1 Å². The molecule has 0 bridgehead atoms. The molecular weight excluding hydrogens is 384 g/mol. The summed E-state index contributed by atoms with van der Waals surface area (Å²) in [4.78, 5) is 18.0. The summed E-state index contributed by atoms with van der Waals surface area (Å²) in [7, 11) is 0. The van der Waals surface area contributed by atoms with Gasteiger partial charge in [-0.15, -0.1) is 0 Å². The van der Waals surface area contributed by atoms with Crippen molar-refractivity contribution < 1.29 is 9.90 Å². The van der Waals surface area contributed by atoms with Gasteiger partial charge in [0.05, 0.1) is 4.70 Å². The lowest BCUT2D eigenvalue weighted by Gasteiger charge is -2.37. The summed E-state index contributed by atoms with van der Waals surface area (Å²) in [6.07, 6.45) is 4.86. The molecule has 1 aliphatic carbocycles. The SMILES string of the molecule is CCN(C(=O)O)[C@H]1CC[C@@H](CCN2CCN(c3nsc4ccccc34)CC2)CC1. The van der Waals surface area contributed by atoms with Crippen molar-refractivity contribution in [3.05, 3.63) is 24.3 Å². The minimum Gasteiger partial charge on any atom is -0.465 e. The summed E-state index contributed by atoms with van der Waals surface area (Å²) >= 11 is 1.60. The van der Waals surface area contributed by atoms with Gasteiger partial charge in [-0.05, 0) is 75.2 Å². The fourth-order valence-electron chi connectivity index (χ4n) is 4.94. The second kappa shape index (κ2) is 9.30. The standard InChI is InChI=1S/C22H32N4O2S/c1-2-26(22(27)28)18-9-7-17(8-10-18)11-12-24-13-15-25(16-14-24)21-19-5-3-4-6-20(19)29-23-21/h3-6,17-18H,2,7-16H2,1H3,(H,27,28)/t17-,18+. The maximum absolute atomic E-state index is 11.3. The van der Waals surface area contributed by atoms with Crippen LogP contribution in [0.2, 0.25) is 0 Å². The third-order valence-corrected chi connectivity index (χ3v) is 7.54. The van der Waals surface area contributed by atoms with E-state index in [-0.39, 0.29) is 6.04 Å². The molecule has 0 atom stereocenters. The van der Waals surface area contributed by atoms with Crippen molar-refractivity contribution in [1.82, 2.24) is 14.2 Å². The second-order valence-electron chi connectivity index (χ2n) is 8.36. The lowest BCUT2D eigenvalue weighted by atomic mass is 9.83. The highest BCUT2D eigenvalue weighted by molar-refractivity contribution is 7.13. The van der Waals surface area contributed by atoms with Crippen LogP contribution in [0.5, 0.6) is 0 Å². The molecule has 1 aromatic carbocycles. The number of carboxylic acid groups (broad SMARTS) is 1. The highest BCUT2D eigenvalue weighted by Gasteiger charge is 2.28. The summed E-state index contributed by atoms with van der Waals surface area (Å²) < 4.78 is 5.98. The zero-order chi connectivity index (χ0) is 20.2. The number of amides is 1. The molecule has 2 aliphatic rings. The van der Waals surface area contributed by atoms with Gasteiger partial charge < -0.3 is 14.9 Å². The van der Waals surface area contributed by atoms with Crippen LogP contribution in [0.4, 0.5) is 10.6 Å². The molecule has 6 nitrogen and oxygen atoms in total. The average molecular weight is 417 g/mol. The Morgan fingerprint density at radius 3 is 2.59 bits per heavy atom. The normalized spacial score (nSPS) is 23.4. The van der Waals surface area contributed by atoms with E-state index in [0.717, 1.165) is 57.3 Å². The van der Waals surface area contributed by atoms with Gasteiger partial charge in [-0.25, -0.2) is 4.79 Å². The van der Waals surface area contributed by atoms with Crippen molar-refractivity contribution in [3.8, 4) is 0 Å². The summed E-state index contributed by atoms with van der Waals surface area (Å²) in [5.74, 6) is 1.90. The number of anilines is 1. The van der Waals surface area contributed by atoms with E-state index in [1.54, 1.807) is 16.4 Å². The molecule has 2 aromatic rings. The van der Waals surface area contributed by atoms with Gasteiger partial charge in [0.1, 0.15) is 5.82 Å². The Bertz CT molecular complexity index is 810. The zero-order valence-electron chi connectivity index (χ0n) is 17.3. The van der Waals surface area contributed by atoms with Crippen LogP contribution in [0.25, 0.3) is 10.1 Å². The first-order chi connectivity index (χ1) is 14.2. The molecule has 29 heavy (non-hydrogen) atoms. The van der Waals surface area contributed by atoms with Gasteiger partial charge in [-0.1, -0.05) is 12.1 Å². The molecule has 2 heterocycles. The van der Waals surface area contributed by atoms with Crippen LogP contribution in [-0.2, 0) is 0 Å². The summed E-state index contributed by atoms with van der Waals surface area (Å²) in [6, 6.07) is 8.74. The molecule has 1 aliphatic heterocycles. The van der Waals surface area contributed by atoms with Crippen molar-refractivity contribution in [1.29, 1.82) is 0 Å². The largest absolute Gasteiger partial charge is 0.465 e. The minimum atomic E-state index is -0.762. The summed E-state index contributed by atoms with van der Waals surface area (Å²) in [5.41, 5.74) is 0. The molecular formula is C22H32N4O2S. The number of benzene rings is 1. The monoisotopic (exact) mass is 416 g/mol. The van der Waals surface area contributed by atoms with E-state index in [9.17, 15) is 9.90 Å². The minimum absolute atomic E-state index is 0.227. The first-order valence-corrected chi connectivity index (χ1v) is 11.7. The fourth-order valence-corrected chi connectivity index (χ4v) is 5.74. The molecule has 0 radical (unpaired) electrons. The number of carbonyl (C=O) groups is 1. The van der Waals surface area contributed by atoms with Gasteiger partial charge in [0.2, 0.25) is 0 Å². The maximum atomic E-state index is 11.3. The van der Waals surface area contributed by atoms with Gasteiger partial charge in [0.25, 0.3) is 0 Å². The van der Waals surface area contributed by atoms with Crippen LogP contribution in [0, 0.1) is 5.92 Å². The molecule has 7 heteroatoms. The lowest BCUT2D eigenvalue weighted by Crippen LogP contribution is -2.47. The second-order valence-corrected chi connectivity index (χ2v) is 9.17. The van der Waals surface area contributed by atoms with E-state index in [1.165, 1.54) is 29.3 Å². The number of rotatable bonds is 6. The summed E-state index contributed by atoms with van der Waals surface area (Å²) in [6.45, 7) is 8.00. The molecule has 1 saturated carbocycles. The van der Waals surface area contributed by atoms with Crippen molar-refractivity contribution in [2.45, 2.75) is 45.1 Å². The number of hydrogen-bond acceptors (Lipinski definition) is 5. The van der Waals surface area contributed by atoms with E-state index < -0.39 is 6.09 Å². The van der Waals surface area contributed by atoms with Crippen LogP contribution < -0.4 is 4.90 Å². The Morgan fingerprint density at radius 2 is 1.90 bits per heavy atom. The Hall–Kier alpha value is -1.86. The predicted molar refractivity (Wildman–Crippen MR) is 119 cm³/mol. The van der Waals surface area contributed by atoms with Crippen LogP contribution in [0.15, 0.2) is 24.3 Å². The number of hydrogen-bond donors (Lipinski definition) is 1. The first kappa shape index (κ1) is 20.4. The molecule has 1 N–H and O–H groups in total. The molecule has 1 saturated heterocycles. The van der Waals surface area contributed by atoms with Crippen LogP contribution in [-0.4, -0.2) is 70.7 Å². The third kappa shape index (κ3) is 4.67. The van der Waals surface area contributed by atoms with Crippen LogP contribution >= 0.6 is 11.5 Å². The number of fused-ring (bicyclic) bond motifs is 1. The number of piperazine rings is 1. The first-order valence-electron chi connectivity index (χ1n) is 11.0. The highest BCUT2D eigenvalue weighted by atomic mass is 32.1. The Morgan fingerprint density at radius 1 is 1.17 bits per heavy atom. The average Bonchev–Trinajstić information content (AvgIpc) is 3.18. The molecule has 0 spiro atoms.